The molecule has 118 valence electrons. The van der Waals surface area contributed by atoms with Gasteiger partial charge >= 0.3 is 0 Å². The van der Waals surface area contributed by atoms with Gasteiger partial charge in [-0.25, -0.2) is 4.98 Å². The van der Waals surface area contributed by atoms with Crippen molar-refractivity contribution in [1.82, 2.24) is 20.5 Å². The van der Waals surface area contributed by atoms with Crippen molar-refractivity contribution in [2.24, 2.45) is 0 Å². The predicted molar refractivity (Wildman–Crippen MR) is 91.5 cm³/mol. The van der Waals surface area contributed by atoms with Gasteiger partial charge in [0, 0.05) is 11.8 Å². The standard InChI is InChI=1S/C17H18N4OS/c1-10-4-6-13(7-5-10)17-20-12(3)15(23-17)11(2)19-16(22)14-8-9-18-21-14/h4-9,11H,1-3H3,(H,18,21)(H,19,22). The van der Waals surface area contributed by atoms with Crippen LogP contribution >= 0.6 is 11.3 Å². The summed E-state index contributed by atoms with van der Waals surface area (Å²) in [7, 11) is 0. The van der Waals surface area contributed by atoms with E-state index >= 15 is 0 Å². The number of H-pyrrole nitrogens is 1. The van der Waals surface area contributed by atoms with E-state index in [1.165, 1.54) is 5.56 Å². The van der Waals surface area contributed by atoms with E-state index in [4.69, 9.17) is 0 Å². The van der Waals surface area contributed by atoms with Gasteiger partial charge in [0.25, 0.3) is 5.91 Å². The Labute approximate surface area is 138 Å². The van der Waals surface area contributed by atoms with Crippen molar-refractivity contribution in [2.75, 3.05) is 0 Å². The average Bonchev–Trinajstić information content (AvgIpc) is 3.17. The highest BCUT2D eigenvalue weighted by Gasteiger charge is 2.18. The van der Waals surface area contributed by atoms with Crippen LogP contribution in [0, 0.1) is 13.8 Å². The summed E-state index contributed by atoms with van der Waals surface area (Å²) in [6.45, 7) is 6.01. The number of nitrogens with zero attached hydrogens (tertiary/aromatic N) is 2. The molecule has 1 unspecified atom stereocenters. The number of benzene rings is 1. The van der Waals surface area contributed by atoms with Crippen molar-refractivity contribution in [2.45, 2.75) is 26.8 Å². The zero-order valence-electron chi connectivity index (χ0n) is 13.3. The Kier molecular flexibility index (Phi) is 4.25. The van der Waals surface area contributed by atoms with Crippen LogP contribution in [0.1, 0.15) is 39.6 Å². The fourth-order valence-electron chi connectivity index (χ4n) is 2.35. The third-order valence-electron chi connectivity index (χ3n) is 3.62. The van der Waals surface area contributed by atoms with E-state index in [1.807, 2.05) is 13.8 Å². The van der Waals surface area contributed by atoms with E-state index < -0.39 is 0 Å². The minimum Gasteiger partial charge on any atom is -0.343 e. The van der Waals surface area contributed by atoms with Crippen molar-refractivity contribution < 1.29 is 4.79 Å². The van der Waals surface area contributed by atoms with E-state index in [-0.39, 0.29) is 11.9 Å². The molecule has 3 rings (SSSR count). The second kappa shape index (κ2) is 6.34. The summed E-state index contributed by atoms with van der Waals surface area (Å²) in [4.78, 5) is 17.8. The molecular weight excluding hydrogens is 308 g/mol. The Morgan fingerprint density at radius 2 is 1.96 bits per heavy atom. The lowest BCUT2D eigenvalue weighted by Gasteiger charge is -2.11. The predicted octanol–water partition coefficient (Wildman–Crippen LogP) is 3.64. The van der Waals surface area contributed by atoms with Crippen LogP contribution in [0.15, 0.2) is 36.5 Å². The number of hydrogen-bond acceptors (Lipinski definition) is 4. The third-order valence-corrected chi connectivity index (χ3v) is 5.01. The van der Waals surface area contributed by atoms with E-state index in [0.29, 0.717) is 5.69 Å². The molecule has 0 fully saturated rings. The van der Waals surface area contributed by atoms with E-state index in [1.54, 1.807) is 23.6 Å². The summed E-state index contributed by atoms with van der Waals surface area (Å²) in [5.74, 6) is -0.167. The lowest BCUT2D eigenvalue weighted by Crippen LogP contribution is -2.26. The summed E-state index contributed by atoms with van der Waals surface area (Å²) >= 11 is 1.61. The van der Waals surface area contributed by atoms with Gasteiger partial charge in [0.2, 0.25) is 0 Å². The van der Waals surface area contributed by atoms with Crippen molar-refractivity contribution in [3.63, 3.8) is 0 Å². The molecule has 0 saturated carbocycles. The Balaban J connectivity index is 1.80. The number of aryl methyl sites for hydroxylation is 2. The minimum absolute atomic E-state index is 0.109. The topological polar surface area (TPSA) is 70.7 Å². The number of aromatic amines is 1. The van der Waals surface area contributed by atoms with Crippen LogP contribution in [-0.4, -0.2) is 21.1 Å². The number of rotatable bonds is 4. The number of aromatic nitrogens is 3. The Hall–Kier alpha value is -2.47. The lowest BCUT2D eigenvalue weighted by molar-refractivity contribution is 0.0935. The van der Waals surface area contributed by atoms with Gasteiger partial charge < -0.3 is 5.32 Å². The van der Waals surface area contributed by atoms with Crippen LogP contribution < -0.4 is 5.32 Å². The van der Waals surface area contributed by atoms with E-state index in [0.717, 1.165) is 21.1 Å². The number of hydrogen-bond donors (Lipinski definition) is 2. The lowest BCUT2D eigenvalue weighted by atomic mass is 10.2. The van der Waals surface area contributed by atoms with Gasteiger partial charge in [-0.3, -0.25) is 9.89 Å². The molecule has 23 heavy (non-hydrogen) atoms. The second-order valence-corrected chi connectivity index (χ2v) is 6.53. The fourth-order valence-corrected chi connectivity index (χ4v) is 3.43. The molecule has 2 heterocycles. The summed E-state index contributed by atoms with van der Waals surface area (Å²) in [5.41, 5.74) is 3.73. The molecular formula is C17H18N4OS. The van der Waals surface area contributed by atoms with Gasteiger partial charge in [-0.15, -0.1) is 11.3 Å². The largest absolute Gasteiger partial charge is 0.343 e. The summed E-state index contributed by atoms with van der Waals surface area (Å²) < 4.78 is 0. The highest BCUT2D eigenvalue weighted by atomic mass is 32.1. The van der Waals surface area contributed by atoms with Gasteiger partial charge in [-0.2, -0.15) is 5.10 Å². The summed E-state index contributed by atoms with van der Waals surface area (Å²) in [6, 6.07) is 9.85. The fraction of sp³-hybridized carbons (Fsp3) is 0.235. The van der Waals surface area contributed by atoms with Crippen molar-refractivity contribution in [3.8, 4) is 10.6 Å². The first-order chi connectivity index (χ1) is 11.0. The summed E-state index contributed by atoms with van der Waals surface area (Å²) in [6.07, 6.45) is 1.56. The molecule has 3 aromatic rings. The molecule has 2 aromatic heterocycles. The monoisotopic (exact) mass is 326 g/mol. The Bertz CT molecular complexity index is 806. The maximum atomic E-state index is 12.1. The van der Waals surface area contributed by atoms with Crippen molar-refractivity contribution >= 4 is 17.2 Å². The van der Waals surface area contributed by atoms with Gasteiger partial charge in [0.1, 0.15) is 10.7 Å². The molecule has 0 aliphatic heterocycles. The minimum atomic E-state index is -0.167. The molecule has 0 aliphatic carbocycles. The maximum absolute atomic E-state index is 12.1. The second-order valence-electron chi connectivity index (χ2n) is 5.50. The van der Waals surface area contributed by atoms with E-state index in [2.05, 4.69) is 51.7 Å². The zero-order chi connectivity index (χ0) is 16.4. The molecule has 6 heteroatoms. The van der Waals surface area contributed by atoms with Crippen LogP contribution in [0.4, 0.5) is 0 Å². The molecule has 1 aromatic carbocycles. The number of nitrogens with one attached hydrogen (secondary N) is 2. The normalized spacial score (nSPS) is 12.1. The highest BCUT2D eigenvalue weighted by Crippen LogP contribution is 2.31. The van der Waals surface area contributed by atoms with Crippen molar-refractivity contribution in [1.29, 1.82) is 0 Å². The first-order valence-electron chi connectivity index (χ1n) is 7.39. The summed E-state index contributed by atoms with van der Waals surface area (Å²) in [5, 5.41) is 10.4. The first-order valence-corrected chi connectivity index (χ1v) is 8.21. The van der Waals surface area contributed by atoms with Crippen LogP contribution in [0.5, 0.6) is 0 Å². The van der Waals surface area contributed by atoms with Gasteiger partial charge in [0.15, 0.2) is 0 Å². The van der Waals surface area contributed by atoms with E-state index in [9.17, 15) is 4.79 Å². The van der Waals surface area contributed by atoms with Crippen LogP contribution in [0.25, 0.3) is 10.6 Å². The SMILES string of the molecule is Cc1ccc(-c2nc(C)c(C(C)NC(=O)c3ccn[nH]3)s2)cc1. The number of carbonyl (C=O) groups is 1. The van der Waals surface area contributed by atoms with Gasteiger partial charge in [0.05, 0.1) is 16.6 Å². The Morgan fingerprint density at radius 3 is 2.61 bits per heavy atom. The van der Waals surface area contributed by atoms with Gasteiger partial charge in [-0.05, 0) is 26.8 Å². The molecule has 0 aliphatic rings. The van der Waals surface area contributed by atoms with Crippen LogP contribution in [0.3, 0.4) is 0 Å². The Morgan fingerprint density at radius 1 is 1.22 bits per heavy atom. The third kappa shape index (κ3) is 3.32. The quantitative estimate of drug-likeness (QED) is 0.769. The number of amides is 1. The maximum Gasteiger partial charge on any atom is 0.269 e. The zero-order valence-corrected chi connectivity index (χ0v) is 14.1. The molecule has 0 spiro atoms. The molecule has 0 bridgehead atoms. The molecule has 5 nitrogen and oxygen atoms in total. The van der Waals surface area contributed by atoms with Crippen molar-refractivity contribution in [3.05, 3.63) is 58.4 Å². The highest BCUT2D eigenvalue weighted by molar-refractivity contribution is 7.15. The number of carbonyl (C=O) groups excluding carboxylic acids is 1. The van der Waals surface area contributed by atoms with Gasteiger partial charge in [-0.1, -0.05) is 29.8 Å². The molecule has 2 N–H and O–H groups in total. The number of thiazole rings is 1. The molecule has 1 amide bonds. The van der Waals surface area contributed by atoms with Crippen LogP contribution in [-0.2, 0) is 0 Å². The smallest absolute Gasteiger partial charge is 0.269 e. The average molecular weight is 326 g/mol. The first kappa shape index (κ1) is 15.4. The molecule has 0 radical (unpaired) electrons. The molecule has 0 saturated heterocycles. The molecule has 1 atom stereocenters. The van der Waals surface area contributed by atoms with Crippen LogP contribution in [0.2, 0.25) is 0 Å².